The number of nitrogens with one attached hydrogen (secondary N) is 1. The number of aliphatic imine (C=N–C) groups is 1. The number of aliphatic hydroxyl groups is 1. The zero-order valence-electron chi connectivity index (χ0n) is 9.21. The van der Waals surface area contributed by atoms with E-state index in [1.165, 1.54) is 19.3 Å². The van der Waals surface area contributed by atoms with Crippen molar-refractivity contribution in [2.45, 2.75) is 56.5 Å². The van der Waals surface area contributed by atoms with Gasteiger partial charge < -0.3 is 16.2 Å². The van der Waals surface area contributed by atoms with E-state index in [-0.39, 0.29) is 12.1 Å². The standard InChI is InChI=1S/C11H21N3O/c12-10(13-9-4-1-2-5-9)14-11(8-15)6-3-7-11/h9,15H,1-8H2,(H3,12,13,14). The van der Waals surface area contributed by atoms with Gasteiger partial charge in [-0.3, -0.25) is 4.99 Å². The Bertz CT molecular complexity index is 237. The number of rotatable bonds is 3. The molecule has 4 N–H and O–H groups in total. The molecule has 4 nitrogen and oxygen atoms in total. The van der Waals surface area contributed by atoms with Gasteiger partial charge in [-0.2, -0.15) is 0 Å². The van der Waals surface area contributed by atoms with E-state index >= 15 is 0 Å². The highest BCUT2D eigenvalue weighted by atomic mass is 16.3. The lowest BCUT2D eigenvalue weighted by Crippen LogP contribution is -2.58. The van der Waals surface area contributed by atoms with Crippen LogP contribution in [0.2, 0.25) is 0 Å². The van der Waals surface area contributed by atoms with E-state index in [0.717, 1.165) is 25.7 Å². The summed E-state index contributed by atoms with van der Waals surface area (Å²) < 4.78 is 0. The van der Waals surface area contributed by atoms with E-state index in [0.29, 0.717) is 12.0 Å². The first-order valence-electron chi connectivity index (χ1n) is 5.96. The van der Waals surface area contributed by atoms with Crippen LogP contribution in [-0.4, -0.2) is 29.3 Å². The Hall–Kier alpha value is -0.770. The summed E-state index contributed by atoms with van der Waals surface area (Å²) in [5.74, 6) is 0.524. The molecular formula is C11H21N3O. The molecule has 0 spiro atoms. The maximum Gasteiger partial charge on any atom is 0.189 e. The number of nitrogens with zero attached hydrogens (tertiary/aromatic N) is 1. The quantitative estimate of drug-likeness (QED) is 0.476. The van der Waals surface area contributed by atoms with Crippen LogP contribution >= 0.6 is 0 Å². The zero-order valence-corrected chi connectivity index (χ0v) is 9.21. The molecule has 0 bridgehead atoms. The highest BCUT2D eigenvalue weighted by Crippen LogP contribution is 2.31. The van der Waals surface area contributed by atoms with Gasteiger partial charge in [-0.15, -0.1) is 0 Å². The van der Waals surface area contributed by atoms with Crippen LogP contribution in [0.5, 0.6) is 0 Å². The molecule has 0 aromatic carbocycles. The minimum absolute atomic E-state index is 0.161. The predicted octanol–water partition coefficient (Wildman–Crippen LogP) is 0.748. The summed E-state index contributed by atoms with van der Waals surface area (Å²) in [5.41, 5.74) is 5.69. The number of guanidine groups is 1. The SMILES string of the molecule is NC(=NC1CCCC1)NC1(CO)CCC1. The van der Waals surface area contributed by atoms with Gasteiger partial charge in [0.05, 0.1) is 18.2 Å². The van der Waals surface area contributed by atoms with Gasteiger partial charge in [0.1, 0.15) is 0 Å². The summed E-state index contributed by atoms with van der Waals surface area (Å²) in [6.45, 7) is 0.161. The lowest BCUT2D eigenvalue weighted by molar-refractivity contribution is 0.107. The van der Waals surface area contributed by atoms with E-state index in [2.05, 4.69) is 10.3 Å². The minimum atomic E-state index is -0.161. The molecule has 0 aromatic heterocycles. The van der Waals surface area contributed by atoms with Crippen LogP contribution in [0, 0.1) is 0 Å². The van der Waals surface area contributed by atoms with Gasteiger partial charge in [-0.1, -0.05) is 12.8 Å². The molecule has 86 valence electrons. The average molecular weight is 211 g/mol. The lowest BCUT2D eigenvalue weighted by Gasteiger charge is -2.41. The van der Waals surface area contributed by atoms with Gasteiger partial charge in [0.15, 0.2) is 5.96 Å². The van der Waals surface area contributed by atoms with Crippen molar-refractivity contribution in [3.8, 4) is 0 Å². The second-order valence-corrected chi connectivity index (χ2v) is 4.87. The molecule has 2 fully saturated rings. The van der Waals surface area contributed by atoms with E-state index in [9.17, 15) is 5.11 Å². The fourth-order valence-electron chi connectivity index (χ4n) is 2.46. The van der Waals surface area contributed by atoms with E-state index < -0.39 is 0 Å². The molecule has 0 radical (unpaired) electrons. The highest BCUT2D eigenvalue weighted by Gasteiger charge is 2.36. The number of aliphatic hydroxyl groups excluding tert-OH is 1. The van der Waals surface area contributed by atoms with Crippen molar-refractivity contribution < 1.29 is 5.11 Å². The Morgan fingerprint density at radius 1 is 1.33 bits per heavy atom. The first-order chi connectivity index (χ1) is 7.24. The summed E-state index contributed by atoms with van der Waals surface area (Å²) in [5, 5.41) is 12.5. The Morgan fingerprint density at radius 2 is 2.00 bits per heavy atom. The van der Waals surface area contributed by atoms with Gasteiger partial charge >= 0.3 is 0 Å². The van der Waals surface area contributed by atoms with E-state index in [1.807, 2.05) is 0 Å². The fraction of sp³-hybridized carbons (Fsp3) is 0.909. The third-order valence-corrected chi connectivity index (χ3v) is 3.65. The van der Waals surface area contributed by atoms with Gasteiger partial charge in [-0.05, 0) is 32.1 Å². The van der Waals surface area contributed by atoms with Gasteiger partial charge in [0.25, 0.3) is 0 Å². The van der Waals surface area contributed by atoms with Crippen molar-refractivity contribution in [1.29, 1.82) is 0 Å². The van der Waals surface area contributed by atoms with Crippen molar-refractivity contribution in [3.63, 3.8) is 0 Å². The Morgan fingerprint density at radius 3 is 2.47 bits per heavy atom. The number of hydrogen-bond acceptors (Lipinski definition) is 2. The molecule has 2 aliphatic carbocycles. The van der Waals surface area contributed by atoms with Crippen molar-refractivity contribution in [2.75, 3.05) is 6.61 Å². The molecule has 15 heavy (non-hydrogen) atoms. The molecule has 0 aromatic rings. The van der Waals surface area contributed by atoms with Crippen LogP contribution in [0.4, 0.5) is 0 Å². The molecule has 2 saturated carbocycles. The third-order valence-electron chi connectivity index (χ3n) is 3.65. The first kappa shape index (κ1) is 10.7. The molecule has 0 unspecified atom stereocenters. The maximum atomic E-state index is 9.27. The maximum absolute atomic E-state index is 9.27. The molecule has 0 heterocycles. The van der Waals surface area contributed by atoms with Crippen LogP contribution in [0.15, 0.2) is 4.99 Å². The van der Waals surface area contributed by atoms with Crippen LogP contribution in [0.1, 0.15) is 44.9 Å². The minimum Gasteiger partial charge on any atom is -0.394 e. The second-order valence-electron chi connectivity index (χ2n) is 4.87. The third kappa shape index (κ3) is 2.43. The topological polar surface area (TPSA) is 70.6 Å². The number of nitrogens with two attached hydrogens (primary N) is 1. The van der Waals surface area contributed by atoms with Crippen LogP contribution in [-0.2, 0) is 0 Å². The Labute approximate surface area is 91.0 Å². The van der Waals surface area contributed by atoms with Crippen LogP contribution in [0.3, 0.4) is 0 Å². The summed E-state index contributed by atoms with van der Waals surface area (Å²) >= 11 is 0. The molecule has 2 rings (SSSR count). The summed E-state index contributed by atoms with van der Waals surface area (Å²) in [4.78, 5) is 4.46. The molecule has 4 heteroatoms. The van der Waals surface area contributed by atoms with Gasteiger partial charge in [-0.25, -0.2) is 0 Å². The average Bonchev–Trinajstić information content (AvgIpc) is 2.64. The highest BCUT2D eigenvalue weighted by molar-refractivity contribution is 5.79. The van der Waals surface area contributed by atoms with Crippen molar-refractivity contribution >= 4 is 5.96 Å². The van der Waals surface area contributed by atoms with Gasteiger partial charge in [0.2, 0.25) is 0 Å². The molecule has 0 aliphatic heterocycles. The first-order valence-corrected chi connectivity index (χ1v) is 5.96. The molecule has 0 amide bonds. The summed E-state index contributed by atoms with van der Waals surface area (Å²) in [7, 11) is 0. The normalized spacial score (nSPS) is 26.3. The van der Waals surface area contributed by atoms with Crippen LogP contribution in [0.25, 0.3) is 0 Å². The second kappa shape index (κ2) is 4.39. The summed E-state index contributed by atoms with van der Waals surface area (Å²) in [6.07, 6.45) is 8.04. The Kier molecular flexibility index (Phi) is 3.14. The molecule has 0 atom stereocenters. The zero-order chi connectivity index (χ0) is 10.7. The van der Waals surface area contributed by atoms with Crippen molar-refractivity contribution in [3.05, 3.63) is 0 Å². The molecular weight excluding hydrogens is 190 g/mol. The smallest absolute Gasteiger partial charge is 0.189 e. The van der Waals surface area contributed by atoms with Crippen molar-refractivity contribution in [2.24, 2.45) is 10.7 Å². The fourth-order valence-corrected chi connectivity index (χ4v) is 2.46. The Balaban J connectivity index is 1.87. The monoisotopic (exact) mass is 211 g/mol. The van der Waals surface area contributed by atoms with Gasteiger partial charge in [0, 0.05) is 0 Å². The molecule has 0 saturated heterocycles. The van der Waals surface area contributed by atoms with Crippen LogP contribution < -0.4 is 11.1 Å². The predicted molar refractivity (Wildman–Crippen MR) is 60.7 cm³/mol. The van der Waals surface area contributed by atoms with E-state index in [4.69, 9.17) is 5.73 Å². The molecule has 2 aliphatic rings. The van der Waals surface area contributed by atoms with E-state index in [1.54, 1.807) is 0 Å². The largest absolute Gasteiger partial charge is 0.394 e. The lowest BCUT2D eigenvalue weighted by atomic mass is 9.77. The summed E-state index contributed by atoms with van der Waals surface area (Å²) in [6, 6.07) is 0.410. The number of hydrogen-bond donors (Lipinski definition) is 3. The van der Waals surface area contributed by atoms with Crippen molar-refractivity contribution in [1.82, 2.24) is 5.32 Å².